The molecule has 0 aliphatic carbocycles. The van der Waals surface area contributed by atoms with Crippen LogP contribution >= 0.6 is 0 Å². The predicted molar refractivity (Wildman–Crippen MR) is 133 cm³/mol. The van der Waals surface area contributed by atoms with Crippen LogP contribution in [0.25, 0.3) is 0 Å². The highest BCUT2D eigenvalue weighted by Crippen LogP contribution is 2.60. The molecule has 3 aliphatic heterocycles. The molecule has 186 valence electrons. The summed E-state index contributed by atoms with van der Waals surface area (Å²) in [6.45, 7) is 6.21. The molecule has 2 amide bonds. The van der Waals surface area contributed by atoms with Crippen molar-refractivity contribution in [3.8, 4) is 0 Å². The van der Waals surface area contributed by atoms with E-state index in [1.165, 1.54) is 0 Å². The van der Waals surface area contributed by atoms with Crippen molar-refractivity contribution in [3.05, 3.63) is 59.7 Å². The van der Waals surface area contributed by atoms with Gasteiger partial charge in [0.2, 0.25) is 8.41 Å². The smallest absolute Gasteiger partial charge is 0.414 e. The first-order chi connectivity index (χ1) is 16.7. The largest absolute Gasteiger partial charge is 0.447 e. The van der Waals surface area contributed by atoms with Gasteiger partial charge >= 0.3 is 6.09 Å². The normalized spacial score (nSPS) is 28.2. The SMILES string of the molecule is C[C@@H]1[C@@H]([Si](C)(C)F)[C@H](CCO)O[C@@]12C(=O)N(Cc1cccc(N3CCOC3=O)c1)c1ccccc12. The van der Waals surface area contributed by atoms with Gasteiger partial charge in [-0.25, -0.2) is 4.79 Å². The number of hydrogen-bond acceptors (Lipinski definition) is 5. The number of amides is 2. The molecule has 7 nitrogen and oxygen atoms in total. The average molecular weight is 499 g/mol. The van der Waals surface area contributed by atoms with E-state index in [1.807, 2.05) is 55.5 Å². The number of aliphatic hydroxyl groups excluding tert-OH is 1. The van der Waals surface area contributed by atoms with Gasteiger partial charge in [-0.1, -0.05) is 37.3 Å². The number of aliphatic hydroxyl groups is 1. The second-order valence-corrected chi connectivity index (χ2v) is 13.9. The molecule has 0 bridgehead atoms. The van der Waals surface area contributed by atoms with E-state index >= 15 is 4.11 Å². The third-order valence-corrected chi connectivity index (χ3v) is 10.1. The second-order valence-electron chi connectivity index (χ2n) is 10.1. The lowest BCUT2D eigenvalue weighted by Crippen LogP contribution is -2.45. The van der Waals surface area contributed by atoms with Crippen molar-refractivity contribution in [1.29, 1.82) is 0 Å². The van der Waals surface area contributed by atoms with Crippen molar-refractivity contribution in [2.45, 2.75) is 50.2 Å². The number of cyclic esters (lactones) is 1. The Labute approximate surface area is 205 Å². The van der Waals surface area contributed by atoms with E-state index in [1.54, 1.807) is 22.9 Å². The monoisotopic (exact) mass is 498 g/mol. The fourth-order valence-corrected chi connectivity index (χ4v) is 8.73. The summed E-state index contributed by atoms with van der Waals surface area (Å²) in [5, 5.41) is 9.65. The van der Waals surface area contributed by atoms with Gasteiger partial charge in [-0.3, -0.25) is 9.69 Å². The van der Waals surface area contributed by atoms with Crippen LogP contribution in [-0.4, -0.2) is 51.4 Å². The minimum Gasteiger partial charge on any atom is -0.447 e. The van der Waals surface area contributed by atoms with Gasteiger partial charge in [0.15, 0.2) is 5.60 Å². The van der Waals surface area contributed by atoms with Gasteiger partial charge in [0, 0.05) is 29.3 Å². The molecule has 4 atom stereocenters. The summed E-state index contributed by atoms with van der Waals surface area (Å²) in [7, 11) is -3.21. The molecule has 9 heteroatoms. The molecule has 35 heavy (non-hydrogen) atoms. The van der Waals surface area contributed by atoms with Crippen molar-refractivity contribution in [1.82, 2.24) is 0 Å². The van der Waals surface area contributed by atoms with Gasteiger partial charge in [0.1, 0.15) is 6.61 Å². The zero-order valence-corrected chi connectivity index (χ0v) is 21.2. The highest BCUT2D eigenvalue weighted by Gasteiger charge is 2.66. The highest BCUT2D eigenvalue weighted by atomic mass is 28.4. The van der Waals surface area contributed by atoms with Crippen molar-refractivity contribution < 1.29 is 28.3 Å². The van der Waals surface area contributed by atoms with Crippen LogP contribution in [-0.2, 0) is 26.4 Å². The standard InChI is InChI=1S/C26H31FN2O5Si/c1-17-23(35(2,3)27)22(11-13-30)34-26(17)20-9-4-5-10-21(20)29(24(26)31)16-18-7-6-8-19(15-18)28-12-14-33-25(28)32/h4-10,15,17,22-23,30H,11-14,16H2,1-3H3/t17-,22+,23-,26+/m1/s1. The minimum absolute atomic E-state index is 0.125. The van der Waals surface area contributed by atoms with Gasteiger partial charge in [-0.15, -0.1) is 0 Å². The lowest BCUT2D eigenvalue weighted by molar-refractivity contribution is -0.146. The van der Waals surface area contributed by atoms with Crippen LogP contribution in [0.5, 0.6) is 0 Å². The Morgan fingerprint density at radius 3 is 2.63 bits per heavy atom. The first-order valence-electron chi connectivity index (χ1n) is 12.1. The van der Waals surface area contributed by atoms with E-state index in [4.69, 9.17) is 9.47 Å². The number of nitrogens with zero attached hydrogens (tertiary/aromatic N) is 2. The number of carbonyl (C=O) groups excluding carboxylic acids is 2. The molecular formula is C26H31FN2O5Si. The predicted octanol–water partition coefficient (Wildman–Crippen LogP) is 4.35. The van der Waals surface area contributed by atoms with E-state index in [2.05, 4.69) is 0 Å². The third-order valence-electron chi connectivity index (χ3n) is 7.61. The molecule has 2 fully saturated rings. The second kappa shape index (κ2) is 8.72. The van der Waals surface area contributed by atoms with Crippen molar-refractivity contribution in [2.75, 3.05) is 29.6 Å². The number of anilines is 2. The Kier molecular flexibility index (Phi) is 5.97. The number of carbonyl (C=O) groups is 2. The maximum absolute atomic E-state index is 15.5. The molecule has 0 saturated carbocycles. The fourth-order valence-electron chi connectivity index (χ4n) is 6.19. The summed E-state index contributed by atoms with van der Waals surface area (Å²) in [6, 6.07) is 15.1. The Hall–Kier alpha value is -2.75. The number of ether oxygens (including phenoxy) is 2. The van der Waals surface area contributed by atoms with Crippen molar-refractivity contribution >= 4 is 31.8 Å². The van der Waals surface area contributed by atoms with Crippen LogP contribution < -0.4 is 9.80 Å². The molecule has 3 heterocycles. The summed E-state index contributed by atoms with van der Waals surface area (Å²) >= 11 is 0. The summed E-state index contributed by atoms with van der Waals surface area (Å²) in [5.41, 5.74) is 1.37. The van der Waals surface area contributed by atoms with E-state index in [0.29, 0.717) is 19.6 Å². The van der Waals surface area contributed by atoms with Crippen LogP contribution in [0.4, 0.5) is 20.3 Å². The van der Waals surface area contributed by atoms with Gasteiger partial charge in [-0.2, -0.15) is 0 Å². The number of rotatable bonds is 6. The Balaban J connectivity index is 1.52. The quantitative estimate of drug-likeness (QED) is 0.473. The highest BCUT2D eigenvalue weighted by molar-refractivity contribution is 6.72. The molecular weight excluding hydrogens is 467 g/mol. The van der Waals surface area contributed by atoms with Crippen molar-refractivity contribution in [3.63, 3.8) is 0 Å². The lowest BCUT2D eigenvalue weighted by atomic mass is 9.82. The zero-order valence-electron chi connectivity index (χ0n) is 20.2. The summed E-state index contributed by atoms with van der Waals surface area (Å²) in [5.74, 6) is -0.587. The summed E-state index contributed by atoms with van der Waals surface area (Å²) in [4.78, 5) is 29.5. The zero-order chi connectivity index (χ0) is 25.0. The number of halogens is 1. The molecule has 0 aromatic heterocycles. The molecule has 1 spiro atoms. The average Bonchev–Trinajstić information content (AvgIpc) is 3.44. The van der Waals surface area contributed by atoms with E-state index in [9.17, 15) is 14.7 Å². The Bertz CT molecular complexity index is 1150. The van der Waals surface area contributed by atoms with Gasteiger partial charge in [-0.05, 0) is 43.3 Å². The molecule has 5 rings (SSSR count). The third kappa shape index (κ3) is 3.77. The van der Waals surface area contributed by atoms with Gasteiger partial charge < -0.3 is 23.6 Å². The van der Waals surface area contributed by atoms with Crippen LogP contribution in [0.1, 0.15) is 24.5 Å². The number of para-hydroxylation sites is 1. The number of benzene rings is 2. The molecule has 2 aromatic rings. The van der Waals surface area contributed by atoms with E-state index < -0.39 is 25.7 Å². The molecule has 2 aromatic carbocycles. The topological polar surface area (TPSA) is 79.3 Å². The fraction of sp³-hybridized carbons (Fsp3) is 0.462. The minimum atomic E-state index is -3.21. The van der Waals surface area contributed by atoms with Crippen LogP contribution in [0, 0.1) is 5.92 Å². The molecule has 0 radical (unpaired) electrons. The Morgan fingerprint density at radius 1 is 1.17 bits per heavy atom. The molecule has 1 N–H and O–H groups in total. The first kappa shape index (κ1) is 24.0. The molecule has 2 saturated heterocycles. The van der Waals surface area contributed by atoms with Crippen LogP contribution in [0.2, 0.25) is 18.6 Å². The number of hydrogen-bond donors (Lipinski definition) is 1. The van der Waals surface area contributed by atoms with E-state index in [-0.39, 0.29) is 31.1 Å². The van der Waals surface area contributed by atoms with Crippen LogP contribution in [0.15, 0.2) is 48.5 Å². The lowest BCUT2D eigenvalue weighted by Gasteiger charge is -2.31. The Morgan fingerprint density at radius 2 is 1.94 bits per heavy atom. The van der Waals surface area contributed by atoms with E-state index in [0.717, 1.165) is 22.5 Å². The first-order valence-corrected chi connectivity index (χ1v) is 15.1. The molecule has 3 aliphatic rings. The van der Waals surface area contributed by atoms with Crippen molar-refractivity contribution in [2.24, 2.45) is 5.92 Å². The molecule has 0 unspecified atom stereocenters. The summed E-state index contributed by atoms with van der Waals surface area (Å²) in [6.07, 6.45) is -0.612. The van der Waals surface area contributed by atoms with Gasteiger partial charge in [0.05, 0.1) is 24.9 Å². The maximum Gasteiger partial charge on any atom is 0.414 e. The maximum atomic E-state index is 15.5. The number of fused-ring (bicyclic) bond motifs is 2. The van der Waals surface area contributed by atoms with Gasteiger partial charge in [0.25, 0.3) is 5.91 Å². The van der Waals surface area contributed by atoms with Crippen LogP contribution in [0.3, 0.4) is 0 Å². The summed E-state index contributed by atoms with van der Waals surface area (Å²) < 4.78 is 27.1.